The average Bonchev–Trinajstić information content (AvgIpc) is 2.91. The standard InChI is InChI=1S/C18H19N3O3/c19-12-5-8-20-15(11-12)21-9-6-18(7-10-21)14-4-2-1-3-13(14)16(24-18)17(22)23/h1-5,8,11,16H,6-7,9-10H2,(H2,19,20)(H,22,23). The third-order valence-corrected chi connectivity index (χ3v) is 4.97. The number of carbonyl (C=O) groups is 1. The molecule has 124 valence electrons. The third kappa shape index (κ3) is 2.30. The van der Waals surface area contributed by atoms with Gasteiger partial charge < -0.3 is 20.5 Å². The van der Waals surface area contributed by atoms with E-state index in [2.05, 4.69) is 9.88 Å². The van der Waals surface area contributed by atoms with Crippen molar-refractivity contribution in [3.8, 4) is 0 Å². The van der Waals surface area contributed by atoms with Gasteiger partial charge in [-0.25, -0.2) is 9.78 Å². The van der Waals surface area contributed by atoms with Crippen molar-refractivity contribution in [1.82, 2.24) is 4.98 Å². The molecule has 0 bridgehead atoms. The Hall–Kier alpha value is -2.60. The van der Waals surface area contributed by atoms with Gasteiger partial charge in [0.25, 0.3) is 0 Å². The summed E-state index contributed by atoms with van der Waals surface area (Å²) in [5.41, 5.74) is 7.80. The van der Waals surface area contributed by atoms with E-state index in [4.69, 9.17) is 10.5 Å². The molecule has 1 atom stereocenters. The van der Waals surface area contributed by atoms with Crippen LogP contribution in [0.5, 0.6) is 0 Å². The van der Waals surface area contributed by atoms with Crippen LogP contribution in [0.4, 0.5) is 11.5 Å². The van der Waals surface area contributed by atoms with Crippen molar-refractivity contribution in [1.29, 1.82) is 0 Å². The van der Waals surface area contributed by atoms with Gasteiger partial charge in [-0.05, 0) is 30.0 Å². The highest BCUT2D eigenvalue weighted by Crippen LogP contribution is 2.49. The number of nitrogens with zero attached hydrogens (tertiary/aromatic N) is 2. The minimum absolute atomic E-state index is 0.517. The molecule has 4 rings (SSSR count). The molecule has 0 aliphatic carbocycles. The predicted octanol–water partition coefficient (Wildman–Crippen LogP) is 2.32. The molecule has 3 heterocycles. The van der Waals surface area contributed by atoms with Crippen LogP contribution in [0.2, 0.25) is 0 Å². The Bertz CT molecular complexity index is 785. The van der Waals surface area contributed by atoms with E-state index < -0.39 is 17.7 Å². The number of pyridine rings is 1. The van der Waals surface area contributed by atoms with E-state index in [-0.39, 0.29) is 0 Å². The van der Waals surface area contributed by atoms with Gasteiger partial charge in [-0.1, -0.05) is 24.3 Å². The van der Waals surface area contributed by atoms with Crippen molar-refractivity contribution >= 4 is 17.5 Å². The van der Waals surface area contributed by atoms with Crippen LogP contribution in [-0.2, 0) is 15.1 Å². The molecule has 0 radical (unpaired) electrons. The lowest BCUT2D eigenvalue weighted by atomic mass is 9.83. The van der Waals surface area contributed by atoms with Crippen molar-refractivity contribution in [3.05, 3.63) is 53.7 Å². The van der Waals surface area contributed by atoms with Gasteiger partial charge in [0, 0.05) is 31.0 Å². The van der Waals surface area contributed by atoms with Crippen LogP contribution >= 0.6 is 0 Å². The van der Waals surface area contributed by atoms with Crippen molar-refractivity contribution in [2.75, 3.05) is 23.7 Å². The summed E-state index contributed by atoms with van der Waals surface area (Å²) < 4.78 is 6.06. The van der Waals surface area contributed by atoms with Gasteiger partial charge in [-0.15, -0.1) is 0 Å². The summed E-state index contributed by atoms with van der Waals surface area (Å²) in [5.74, 6) is -0.0785. The third-order valence-electron chi connectivity index (χ3n) is 4.97. The summed E-state index contributed by atoms with van der Waals surface area (Å²) >= 11 is 0. The first kappa shape index (κ1) is 15.0. The average molecular weight is 325 g/mol. The number of rotatable bonds is 2. The Morgan fingerprint density at radius 2 is 2.04 bits per heavy atom. The first-order chi connectivity index (χ1) is 11.6. The fraction of sp³-hybridized carbons (Fsp3) is 0.333. The number of nitrogen functional groups attached to an aromatic ring is 1. The molecule has 2 aliphatic heterocycles. The molecule has 0 amide bonds. The number of anilines is 2. The minimum Gasteiger partial charge on any atom is -0.479 e. The molecule has 1 aromatic heterocycles. The van der Waals surface area contributed by atoms with E-state index in [1.54, 1.807) is 12.3 Å². The smallest absolute Gasteiger partial charge is 0.337 e. The maximum Gasteiger partial charge on any atom is 0.337 e. The van der Waals surface area contributed by atoms with E-state index in [1.165, 1.54) is 0 Å². The first-order valence-corrected chi connectivity index (χ1v) is 8.06. The second-order valence-electron chi connectivity index (χ2n) is 6.35. The fourth-order valence-corrected chi connectivity index (χ4v) is 3.77. The Labute approximate surface area is 139 Å². The molecule has 1 fully saturated rings. The largest absolute Gasteiger partial charge is 0.479 e. The summed E-state index contributed by atoms with van der Waals surface area (Å²) in [6.45, 7) is 1.49. The highest BCUT2D eigenvalue weighted by molar-refractivity contribution is 5.76. The lowest BCUT2D eigenvalue weighted by Crippen LogP contribution is -2.43. The summed E-state index contributed by atoms with van der Waals surface area (Å²) in [5, 5.41) is 9.48. The number of carboxylic acids is 1. The second kappa shape index (κ2) is 5.49. The number of hydrogen-bond donors (Lipinski definition) is 2. The Balaban J connectivity index is 1.60. The number of nitrogens with two attached hydrogens (primary N) is 1. The van der Waals surface area contributed by atoms with E-state index in [9.17, 15) is 9.90 Å². The lowest BCUT2D eigenvalue weighted by Gasteiger charge is -2.40. The molecular formula is C18H19N3O3. The van der Waals surface area contributed by atoms with Gasteiger partial charge in [0.1, 0.15) is 5.82 Å². The summed E-state index contributed by atoms with van der Waals surface area (Å²) in [4.78, 5) is 18.1. The summed E-state index contributed by atoms with van der Waals surface area (Å²) in [6.07, 6.45) is 2.28. The highest BCUT2D eigenvalue weighted by atomic mass is 16.5. The molecule has 2 aliphatic rings. The number of fused-ring (bicyclic) bond motifs is 2. The maximum atomic E-state index is 11.6. The molecule has 1 saturated heterocycles. The van der Waals surface area contributed by atoms with Crippen LogP contribution < -0.4 is 10.6 Å². The minimum atomic E-state index is -0.931. The van der Waals surface area contributed by atoms with E-state index in [0.717, 1.165) is 42.9 Å². The summed E-state index contributed by atoms with van der Waals surface area (Å²) in [7, 11) is 0. The van der Waals surface area contributed by atoms with E-state index in [1.807, 2.05) is 30.3 Å². The quantitative estimate of drug-likeness (QED) is 0.881. The van der Waals surface area contributed by atoms with Crippen molar-refractivity contribution < 1.29 is 14.6 Å². The zero-order valence-corrected chi connectivity index (χ0v) is 13.2. The van der Waals surface area contributed by atoms with Crippen LogP contribution in [0, 0.1) is 0 Å². The van der Waals surface area contributed by atoms with Gasteiger partial charge in [-0.2, -0.15) is 0 Å². The predicted molar refractivity (Wildman–Crippen MR) is 89.7 cm³/mol. The van der Waals surface area contributed by atoms with Crippen LogP contribution in [0.15, 0.2) is 42.6 Å². The molecule has 0 saturated carbocycles. The van der Waals surface area contributed by atoms with E-state index >= 15 is 0 Å². The number of ether oxygens (including phenoxy) is 1. The zero-order valence-electron chi connectivity index (χ0n) is 13.2. The first-order valence-electron chi connectivity index (χ1n) is 8.06. The zero-order chi connectivity index (χ0) is 16.7. The summed E-state index contributed by atoms with van der Waals surface area (Å²) in [6, 6.07) is 11.3. The molecule has 1 spiro atoms. The second-order valence-corrected chi connectivity index (χ2v) is 6.35. The molecule has 2 aromatic rings. The lowest BCUT2D eigenvalue weighted by molar-refractivity contribution is -0.163. The van der Waals surface area contributed by atoms with Crippen LogP contribution in [0.25, 0.3) is 0 Å². The SMILES string of the molecule is Nc1ccnc(N2CCC3(CC2)OC(C(=O)O)c2ccccc23)c1. The number of aromatic nitrogens is 1. The van der Waals surface area contributed by atoms with Crippen LogP contribution in [-0.4, -0.2) is 29.1 Å². The molecular weight excluding hydrogens is 306 g/mol. The van der Waals surface area contributed by atoms with E-state index in [0.29, 0.717) is 5.69 Å². The van der Waals surface area contributed by atoms with Gasteiger partial charge in [0.05, 0.1) is 5.60 Å². The number of piperidine rings is 1. The number of benzene rings is 1. The van der Waals surface area contributed by atoms with Gasteiger partial charge >= 0.3 is 5.97 Å². The Morgan fingerprint density at radius 3 is 2.75 bits per heavy atom. The molecule has 6 heteroatoms. The fourth-order valence-electron chi connectivity index (χ4n) is 3.77. The normalized spacial score (nSPS) is 21.7. The molecule has 1 unspecified atom stereocenters. The number of carboxylic acid groups (broad SMARTS) is 1. The Kier molecular flexibility index (Phi) is 3.42. The van der Waals surface area contributed by atoms with Crippen LogP contribution in [0.3, 0.4) is 0 Å². The van der Waals surface area contributed by atoms with Crippen molar-refractivity contribution in [2.45, 2.75) is 24.5 Å². The van der Waals surface area contributed by atoms with Gasteiger partial charge in [-0.3, -0.25) is 0 Å². The number of hydrogen-bond acceptors (Lipinski definition) is 5. The van der Waals surface area contributed by atoms with Crippen molar-refractivity contribution in [2.24, 2.45) is 0 Å². The maximum absolute atomic E-state index is 11.6. The molecule has 1 aromatic carbocycles. The molecule has 6 nitrogen and oxygen atoms in total. The van der Waals surface area contributed by atoms with Crippen molar-refractivity contribution in [3.63, 3.8) is 0 Å². The van der Waals surface area contributed by atoms with Crippen LogP contribution in [0.1, 0.15) is 30.1 Å². The molecule has 3 N–H and O–H groups in total. The topological polar surface area (TPSA) is 88.7 Å². The highest BCUT2D eigenvalue weighted by Gasteiger charge is 2.48. The molecule has 24 heavy (non-hydrogen) atoms. The van der Waals surface area contributed by atoms with Gasteiger partial charge in [0.15, 0.2) is 6.10 Å². The number of aliphatic carboxylic acids is 1. The Morgan fingerprint density at radius 1 is 1.29 bits per heavy atom. The monoisotopic (exact) mass is 325 g/mol. The van der Waals surface area contributed by atoms with Gasteiger partial charge in [0.2, 0.25) is 0 Å².